The van der Waals surface area contributed by atoms with Crippen molar-refractivity contribution in [3.63, 3.8) is 0 Å². The van der Waals surface area contributed by atoms with Crippen molar-refractivity contribution >= 4 is 17.5 Å². The summed E-state index contributed by atoms with van der Waals surface area (Å²) in [4.78, 5) is 33.5. The van der Waals surface area contributed by atoms with E-state index >= 15 is 0 Å². The number of nitrogens with zero attached hydrogens (tertiary/aromatic N) is 5. The molecule has 0 aliphatic carbocycles. The monoisotopic (exact) mass is 473 g/mol. The second kappa shape index (κ2) is 9.05. The zero-order valence-corrected chi connectivity index (χ0v) is 18.2. The molecule has 2 amide bonds. The number of aromatic nitrogens is 3. The third-order valence-corrected chi connectivity index (χ3v) is 6.18. The highest BCUT2D eigenvalue weighted by atomic mass is 19.3. The van der Waals surface area contributed by atoms with Gasteiger partial charge in [0.2, 0.25) is 0 Å². The Bertz CT molecular complexity index is 1220. The quantitative estimate of drug-likeness (QED) is 0.582. The first-order valence-corrected chi connectivity index (χ1v) is 11.0. The number of halogens is 3. The van der Waals surface area contributed by atoms with E-state index < -0.39 is 29.9 Å². The molecule has 8 nitrogen and oxygen atoms in total. The first kappa shape index (κ1) is 22.3. The summed E-state index contributed by atoms with van der Waals surface area (Å²) in [5.74, 6) is -0.924. The molecule has 1 unspecified atom stereocenters. The Morgan fingerprint density at radius 1 is 1.06 bits per heavy atom. The van der Waals surface area contributed by atoms with E-state index in [9.17, 15) is 22.8 Å². The molecule has 1 aromatic carbocycles. The minimum Gasteiger partial charge on any atom is -0.368 e. The predicted molar refractivity (Wildman–Crippen MR) is 115 cm³/mol. The summed E-state index contributed by atoms with van der Waals surface area (Å²) in [5, 5.41) is 3.99. The first-order valence-electron chi connectivity index (χ1n) is 11.0. The van der Waals surface area contributed by atoms with Gasteiger partial charge < -0.3 is 14.5 Å². The lowest BCUT2D eigenvalue weighted by Crippen LogP contribution is -2.52. The number of piperazine rings is 1. The van der Waals surface area contributed by atoms with Gasteiger partial charge in [0.1, 0.15) is 23.2 Å². The topological polar surface area (TPSA) is 80.0 Å². The Balaban J connectivity index is 1.40. The number of amides is 2. The fourth-order valence-electron chi connectivity index (χ4n) is 4.34. The van der Waals surface area contributed by atoms with Gasteiger partial charge in [-0.1, -0.05) is 0 Å². The maximum atomic E-state index is 13.8. The molecule has 2 saturated heterocycles. The highest BCUT2D eigenvalue weighted by Crippen LogP contribution is 2.27. The minimum absolute atomic E-state index is 0.0000124. The number of benzene rings is 1. The van der Waals surface area contributed by atoms with Gasteiger partial charge in [0.05, 0.1) is 11.9 Å². The summed E-state index contributed by atoms with van der Waals surface area (Å²) in [6.45, 7) is 1.90. The zero-order valence-electron chi connectivity index (χ0n) is 18.2. The molecule has 178 valence electrons. The van der Waals surface area contributed by atoms with E-state index in [1.807, 2.05) is 0 Å². The predicted octanol–water partition coefficient (Wildman–Crippen LogP) is 2.94. The van der Waals surface area contributed by atoms with Crippen molar-refractivity contribution in [3.05, 3.63) is 53.6 Å². The van der Waals surface area contributed by atoms with Gasteiger partial charge in [-0.25, -0.2) is 22.7 Å². The van der Waals surface area contributed by atoms with Crippen LogP contribution in [0.5, 0.6) is 0 Å². The van der Waals surface area contributed by atoms with Crippen molar-refractivity contribution in [1.29, 1.82) is 0 Å². The molecule has 0 N–H and O–H groups in total. The number of fused-ring (bicyclic) bond motifs is 1. The molecule has 2 aliphatic rings. The van der Waals surface area contributed by atoms with E-state index in [1.54, 1.807) is 9.80 Å². The van der Waals surface area contributed by atoms with E-state index in [0.717, 1.165) is 10.9 Å². The van der Waals surface area contributed by atoms with Crippen LogP contribution in [-0.2, 0) is 9.53 Å². The molecule has 34 heavy (non-hydrogen) atoms. The van der Waals surface area contributed by atoms with Crippen LogP contribution in [0.15, 0.2) is 36.5 Å². The average molecular weight is 473 g/mol. The van der Waals surface area contributed by atoms with Crippen LogP contribution in [0.25, 0.3) is 16.9 Å². The van der Waals surface area contributed by atoms with E-state index in [1.165, 1.54) is 36.5 Å². The van der Waals surface area contributed by atoms with Crippen molar-refractivity contribution < 1.29 is 27.5 Å². The first-order chi connectivity index (χ1) is 16.4. The second-order valence-electron chi connectivity index (χ2n) is 8.29. The molecule has 0 bridgehead atoms. The lowest BCUT2D eigenvalue weighted by Gasteiger charge is -2.35. The van der Waals surface area contributed by atoms with Crippen LogP contribution >= 0.6 is 0 Å². The number of carbonyl (C=O) groups is 2. The summed E-state index contributed by atoms with van der Waals surface area (Å²) >= 11 is 0. The molecule has 2 fully saturated rings. The number of alkyl halides is 2. The van der Waals surface area contributed by atoms with E-state index in [0.29, 0.717) is 44.8 Å². The second-order valence-corrected chi connectivity index (χ2v) is 8.29. The van der Waals surface area contributed by atoms with Crippen molar-refractivity contribution in [1.82, 2.24) is 24.4 Å². The highest BCUT2D eigenvalue weighted by Gasteiger charge is 2.32. The number of hydrogen-bond acceptors (Lipinski definition) is 5. The van der Waals surface area contributed by atoms with Gasteiger partial charge in [0.15, 0.2) is 5.65 Å². The van der Waals surface area contributed by atoms with Crippen LogP contribution < -0.4 is 0 Å². The maximum absolute atomic E-state index is 13.8. The standard InChI is InChI=1S/C23H22F3N5O3/c24-15-5-3-14(4-6-15)17-12-18(20(25)26)31-21(28-17)16(13-27-31)22(32)29-7-9-30(10-8-29)23(33)19-2-1-11-34-19/h3-6,12-13,19-20H,1-2,7-11H2. The third kappa shape index (κ3) is 4.11. The molecule has 1 atom stereocenters. The van der Waals surface area contributed by atoms with Crippen LogP contribution in [0.4, 0.5) is 13.2 Å². The van der Waals surface area contributed by atoms with Gasteiger partial charge >= 0.3 is 0 Å². The number of carbonyl (C=O) groups excluding carboxylic acids is 2. The number of hydrogen-bond donors (Lipinski definition) is 0. The van der Waals surface area contributed by atoms with Gasteiger partial charge in [-0.3, -0.25) is 9.59 Å². The van der Waals surface area contributed by atoms with Crippen molar-refractivity contribution in [3.8, 4) is 11.3 Å². The summed E-state index contributed by atoms with van der Waals surface area (Å²) in [6, 6.07) is 6.48. The van der Waals surface area contributed by atoms with Gasteiger partial charge in [-0.2, -0.15) is 5.10 Å². The fourth-order valence-corrected chi connectivity index (χ4v) is 4.34. The van der Waals surface area contributed by atoms with E-state index in [2.05, 4.69) is 10.1 Å². The Morgan fingerprint density at radius 2 is 1.76 bits per heavy atom. The van der Waals surface area contributed by atoms with E-state index in [4.69, 9.17) is 4.74 Å². The number of ether oxygens (including phenoxy) is 1. The molecule has 5 rings (SSSR count). The molecule has 4 heterocycles. The van der Waals surface area contributed by atoms with Gasteiger partial charge in [0, 0.05) is 38.3 Å². The van der Waals surface area contributed by atoms with Crippen LogP contribution in [-0.4, -0.2) is 75.1 Å². The Labute approximate surface area is 192 Å². The summed E-state index contributed by atoms with van der Waals surface area (Å²) in [5.41, 5.74) is 0.288. The third-order valence-electron chi connectivity index (χ3n) is 6.18. The van der Waals surface area contributed by atoms with Crippen molar-refractivity contribution in [2.45, 2.75) is 25.4 Å². The minimum atomic E-state index is -2.86. The van der Waals surface area contributed by atoms with Crippen molar-refractivity contribution in [2.75, 3.05) is 32.8 Å². The lowest BCUT2D eigenvalue weighted by atomic mass is 10.1. The zero-order chi connectivity index (χ0) is 23.8. The molecule has 0 saturated carbocycles. The smallest absolute Gasteiger partial charge is 0.280 e. The summed E-state index contributed by atoms with van der Waals surface area (Å²) in [6.07, 6.45) is -0.482. The molecule has 0 radical (unpaired) electrons. The molecular formula is C23H22F3N5O3. The summed E-state index contributed by atoms with van der Waals surface area (Å²) < 4.78 is 47.3. The molecule has 11 heteroatoms. The summed E-state index contributed by atoms with van der Waals surface area (Å²) in [7, 11) is 0. The van der Waals surface area contributed by atoms with Crippen LogP contribution in [0.3, 0.4) is 0 Å². The molecular weight excluding hydrogens is 451 g/mol. The Hall–Kier alpha value is -3.47. The highest BCUT2D eigenvalue weighted by molar-refractivity contribution is 6.00. The SMILES string of the molecule is O=C(c1cnn2c(C(F)F)cc(-c3ccc(F)cc3)nc12)N1CCN(C(=O)C2CCCO2)CC1. The maximum Gasteiger partial charge on any atom is 0.280 e. The van der Waals surface area contributed by atoms with Crippen LogP contribution in [0, 0.1) is 5.82 Å². The lowest BCUT2D eigenvalue weighted by molar-refractivity contribution is -0.142. The van der Waals surface area contributed by atoms with Crippen LogP contribution in [0.2, 0.25) is 0 Å². The average Bonchev–Trinajstić information content (AvgIpc) is 3.53. The van der Waals surface area contributed by atoms with Crippen LogP contribution in [0.1, 0.15) is 35.3 Å². The van der Waals surface area contributed by atoms with Gasteiger partial charge in [-0.15, -0.1) is 0 Å². The largest absolute Gasteiger partial charge is 0.368 e. The molecule has 2 aromatic heterocycles. The van der Waals surface area contributed by atoms with E-state index in [-0.39, 0.29) is 22.8 Å². The molecule has 3 aromatic rings. The van der Waals surface area contributed by atoms with Crippen molar-refractivity contribution in [2.24, 2.45) is 0 Å². The number of rotatable bonds is 4. The Morgan fingerprint density at radius 3 is 2.41 bits per heavy atom. The molecule has 0 spiro atoms. The van der Waals surface area contributed by atoms with Gasteiger partial charge in [-0.05, 0) is 43.2 Å². The molecule has 2 aliphatic heterocycles. The Kier molecular flexibility index (Phi) is 5.94. The van der Waals surface area contributed by atoms with Gasteiger partial charge in [0.25, 0.3) is 18.2 Å². The normalized spacial score (nSPS) is 18.8. The fraction of sp³-hybridized carbons (Fsp3) is 0.391.